The number of hydrogen-bond acceptors (Lipinski definition) is 8. The van der Waals surface area contributed by atoms with Crippen molar-refractivity contribution in [1.82, 2.24) is 0 Å². The lowest BCUT2D eigenvalue weighted by Gasteiger charge is -2.40. The zero-order valence-electron chi connectivity index (χ0n) is 74.2. The Kier molecular flexibility index (Phi) is 15.7. The maximum atomic E-state index is 6.90. The minimum absolute atomic E-state index is 0.634. The van der Waals surface area contributed by atoms with Crippen LogP contribution in [0, 0.1) is 0 Å². The van der Waals surface area contributed by atoms with Gasteiger partial charge in [0.25, 0.3) is 0 Å². The van der Waals surface area contributed by atoms with Gasteiger partial charge in [0.2, 0.25) is 0 Å². The molecular weight excluding hydrogens is 1720 g/mol. The molecule has 0 saturated heterocycles. The van der Waals surface area contributed by atoms with Crippen molar-refractivity contribution in [3.8, 4) is 89.8 Å². The first kappa shape index (κ1) is 76.5. The normalized spacial score (nSPS) is 15.4. The highest BCUT2D eigenvalue weighted by Crippen LogP contribution is 2.70. The zero-order chi connectivity index (χ0) is 90.0. The summed E-state index contributed by atoms with van der Waals surface area (Å²) in [6, 6.07) is 173. The molecule has 4 aliphatic heterocycles. The molecular formula is C130H76N2O4S2. The Balaban J connectivity index is 0.580. The van der Waals surface area contributed by atoms with Crippen molar-refractivity contribution in [2.24, 2.45) is 0 Å². The minimum atomic E-state index is -0.708. The van der Waals surface area contributed by atoms with E-state index in [9.17, 15) is 0 Å². The number of anilines is 6. The first-order chi connectivity index (χ1) is 68.4. The molecule has 4 aliphatic carbocycles. The van der Waals surface area contributed by atoms with Gasteiger partial charge in [-0.25, -0.2) is 0 Å². The molecule has 21 aromatic carbocycles. The molecule has 0 fully saturated rings. The molecule has 138 heavy (non-hydrogen) atoms. The Labute approximate surface area is 804 Å². The molecule has 0 bridgehead atoms. The lowest BCUT2D eigenvalue weighted by molar-refractivity contribution is 0.436. The van der Waals surface area contributed by atoms with Crippen molar-refractivity contribution in [2.75, 3.05) is 9.80 Å². The lowest BCUT2D eigenvalue weighted by Crippen LogP contribution is -2.32. The third-order valence-corrected chi connectivity index (χ3v) is 33.6. The maximum Gasteiger partial charge on any atom is 0.137 e. The summed E-state index contributed by atoms with van der Waals surface area (Å²) in [6.07, 6.45) is 0. The van der Waals surface area contributed by atoms with Crippen LogP contribution >= 0.6 is 23.5 Å². The van der Waals surface area contributed by atoms with E-state index in [0.717, 1.165) is 146 Å². The highest BCUT2D eigenvalue weighted by Gasteiger charge is 2.57. The summed E-state index contributed by atoms with van der Waals surface area (Å²) < 4.78 is 27.0. The van der Waals surface area contributed by atoms with Crippen LogP contribution in [0.1, 0.15) is 89.0 Å². The van der Waals surface area contributed by atoms with Crippen molar-refractivity contribution >= 4 is 102 Å². The second-order valence-corrected chi connectivity index (χ2v) is 39.8. The van der Waals surface area contributed by atoms with E-state index in [2.05, 4.69) is 465 Å². The fourth-order valence-electron chi connectivity index (χ4n) is 26.0. The Bertz CT molecular complexity index is 9180. The number of hydrogen-bond donors (Lipinski definition) is 0. The van der Waals surface area contributed by atoms with Crippen molar-refractivity contribution in [2.45, 2.75) is 41.2 Å². The minimum Gasteiger partial charge on any atom is -0.457 e. The van der Waals surface area contributed by atoms with Gasteiger partial charge >= 0.3 is 0 Å². The molecule has 4 spiro atoms. The third-order valence-electron chi connectivity index (χ3n) is 31.3. The van der Waals surface area contributed by atoms with E-state index in [1.807, 2.05) is 29.6 Å². The molecule has 31 rings (SSSR count). The lowest BCUT2D eigenvalue weighted by atomic mass is 9.66. The molecule has 0 amide bonds. The summed E-state index contributed by atoms with van der Waals surface area (Å²) in [4.78, 5) is 10.0. The van der Waals surface area contributed by atoms with Crippen LogP contribution in [0.25, 0.3) is 111 Å². The van der Waals surface area contributed by atoms with Gasteiger partial charge < -0.3 is 28.1 Å². The summed E-state index contributed by atoms with van der Waals surface area (Å²) in [5.41, 5.74) is 40.6. The van der Waals surface area contributed by atoms with E-state index in [-0.39, 0.29) is 0 Å². The van der Waals surface area contributed by atoms with Crippen molar-refractivity contribution in [3.05, 3.63) is 550 Å². The van der Waals surface area contributed by atoms with E-state index in [4.69, 9.17) is 18.3 Å². The average molecular weight is 1790 g/mol. The van der Waals surface area contributed by atoms with Crippen molar-refractivity contribution in [1.29, 1.82) is 0 Å². The second-order valence-electron chi connectivity index (χ2n) is 37.7. The van der Waals surface area contributed by atoms with Crippen LogP contribution in [-0.4, -0.2) is 0 Å². The van der Waals surface area contributed by atoms with Gasteiger partial charge in [-0.2, -0.15) is 0 Å². The molecule has 6 nitrogen and oxygen atoms in total. The molecule has 8 aliphatic rings. The van der Waals surface area contributed by atoms with E-state index in [1.165, 1.54) is 131 Å². The maximum absolute atomic E-state index is 6.90. The molecule has 1 unspecified atom stereocenters. The van der Waals surface area contributed by atoms with Crippen LogP contribution in [0.4, 0.5) is 34.1 Å². The molecule has 1 atom stereocenters. The fourth-order valence-corrected chi connectivity index (χ4v) is 28.4. The van der Waals surface area contributed by atoms with Gasteiger partial charge in [0, 0.05) is 86.3 Å². The summed E-state index contributed by atoms with van der Waals surface area (Å²) in [6.45, 7) is 0. The van der Waals surface area contributed by atoms with Crippen molar-refractivity contribution < 1.29 is 18.3 Å². The topological polar surface area (TPSA) is 51.2 Å². The SMILES string of the molecule is c1ccc2c(c1)Oc1ccccc1C21c2ccccc2-c2cc(N(c3ccc(-c4ccc5oc6ccccc6c5c4)cc3)c3ccc4c(c3)-c3ccc(-c5ccc6c(c5)Sc5ccccc5C65c6ccccc6-c6cc(N(c7cccc8c7-c7ccccc7C87c8ccccc8Oc8ccccc87)c7cccc8oc9ccccc9c78)ccc65)cc3C43c4ccccc4Sc4ccccc43)ccc21. The Morgan fingerprint density at radius 3 is 1.11 bits per heavy atom. The van der Waals surface area contributed by atoms with Gasteiger partial charge in [0.05, 0.1) is 38.4 Å². The molecule has 0 radical (unpaired) electrons. The van der Waals surface area contributed by atoms with Crippen LogP contribution in [0.3, 0.4) is 0 Å². The van der Waals surface area contributed by atoms with E-state index in [1.54, 1.807) is 0 Å². The smallest absolute Gasteiger partial charge is 0.137 e. The quantitative estimate of drug-likeness (QED) is 0.149. The Morgan fingerprint density at radius 2 is 0.529 bits per heavy atom. The van der Waals surface area contributed by atoms with Gasteiger partial charge in [0.1, 0.15) is 45.3 Å². The van der Waals surface area contributed by atoms with Gasteiger partial charge in [-0.05, 0) is 274 Å². The Morgan fingerprint density at radius 1 is 0.181 bits per heavy atom. The van der Waals surface area contributed by atoms with E-state index in [0.29, 0.717) is 0 Å². The molecule has 23 aromatic rings. The molecule has 642 valence electrons. The van der Waals surface area contributed by atoms with Gasteiger partial charge in [-0.15, -0.1) is 0 Å². The Hall–Kier alpha value is -16.9. The average Bonchev–Trinajstić information content (AvgIpc) is 1.57. The number of furan rings is 2. The molecule has 0 N–H and O–H groups in total. The highest BCUT2D eigenvalue weighted by molar-refractivity contribution is 7.99. The van der Waals surface area contributed by atoms with E-state index < -0.39 is 21.7 Å². The molecule has 6 heterocycles. The van der Waals surface area contributed by atoms with E-state index >= 15 is 0 Å². The highest BCUT2D eigenvalue weighted by atomic mass is 32.2. The van der Waals surface area contributed by atoms with Crippen LogP contribution in [0.2, 0.25) is 0 Å². The van der Waals surface area contributed by atoms with Gasteiger partial charge in [0.15, 0.2) is 0 Å². The monoisotopic (exact) mass is 1790 g/mol. The predicted molar refractivity (Wildman–Crippen MR) is 559 cm³/mol. The van der Waals surface area contributed by atoms with Crippen LogP contribution < -0.4 is 19.3 Å². The number of fused-ring (bicyclic) bond motifs is 42. The summed E-state index contributed by atoms with van der Waals surface area (Å²) in [7, 11) is 0. The number of benzene rings is 21. The van der Waals surface area contributed by atoms with Crippen LogP contribution in [0.5, 0.6) is 23.0 Å². The zero-order valence-corrected chi connectivity index (χ0v) is 75.9. The second kappa shape index (κ2) is 28.4. The first-order valence-corrected chi connectivity index (χ1v) is 49.1. The number of nitrogens with zero attached hydrogens (tertiary/aromatic N) is 2. The molecule has 0 saturated carbocycles. The molecule has 8 heteroatoms. The summed E-state index contributed by atoms with van der Waals surface area (Å²) >= 11 is 3.78. The largest absolute Gasteiger partial charge is 0.457 e. The van der Waals surface area contributed by atoms with Crippen molar-refractivity contribution in [3.63, 3.8) is 0 Å². The standard InChI is InChI=1S/C130H76N2O4S2/c1-6-32-95-85(27-1)91-74-82(62-67-98(91)127(95)101-35-9-18-47-116(101)135-117-48-19-10-36-102(117)127)131(81-60-55-77(56-61-81)78-59-70-115-94(71-78)88-29-4-16-45-113(88)133-115)83-63-68-100-93(75-83)87-65-57-79(72-110(87)130(100)106-40-14-22-52-121(106)137-122-53-23-15-41-107(122)130)80-58-66-108-124(73-80)138-123-54-24-13-39-105(123)128(108)96-33-7-2-28-86(96)92-76-84(64-69-99(92)128)132(112-44-26-51-120-126(112)90-31-5-17-46-114(90)134-120)111-43-25-42-109-125(111)89-30-3-8-34-97(89)129(109)103-37-11-20-49-118(103)136-119-50-21-12-38-104(119)129/h1-76H. The first-order valence-electron chi connectivity index (χ1n) is 47.5. The van der Waals surface area contributed by atoms with Crippen LogP contribution in [0.15, 0.2) is 489 Å². The molecule has 2 aromatic heterocycles. The summed E-state index contributed by atoms with van der Waals surface area (Å²) in [5, 5.41) is 4.32. The van der Waals surface area contributed by atoms with Gasteiger partial charge in [-0.3, -0.25) is 0 Å². The number of para-hydroxylation sites is 6. The fraction of sp³-hybridized carbons (Fsp3) is 0.0308. The third kappa shape index (κ3) is 10.0. The number of rotatable bonds is 8. The predicted octanol–water partition coefficient (Wildman–Crippen LogP) is 34.4. The number of ether oxygens (including phenoxy) is 2. The summed E-state index contributed by atoms with van der Waals surface area (Å²) in [5.74, 6) is 3.46. The van der Waals surface area contributed by atoms with Crippen LogP contribution in [-0.2, 0) is 21.7 Å². The van der Waals surface area contributed by atoms with Gasteiger partial charge in [-0.1, -0.05) is 339 Å².